The Labute approximate surface area is 183 Å². The van der Waals surface area contributed by atoms with E-state index >= 15 is 0 Å². The molecule has 1 aliphatic carbocycles. The van der Waals surface area contributed by atoms with Crippen LogP contribution in [-0.2, 0) is 9.53 Å². The van der Waals surface area contributed by atoms with Gasteiger partial charge in [0.15, 0.2) is 22.5 Å². The number of methoxy groups -OCH3 is 3. The second kappa shape index (κ2) is 8.51. The zero-order chi connectivity index (χ0) is 22.1. The van der Waals surface area contributed by atoms with Crippen molar-refractivity contribution in [2.24, 2.45) is 5.92 Å². The number of para-hydroxylation sites is 1. The van der Waals surface area contributed by atoms with Gasteiger partial charge >= 0.3 is 5.97 Å². The molecule has 0 spiro atoms. The van der Waals surface area contributed by atoms with Gasteiger partial charge in [-0.25, -0.2) is 0 Å². The number of benzene rings is 2. The second-order valence-corrected chi connectivity index (χ2v) is 7.64. The van der Waals surface area contributed by atoms with Gasteiger partial charge in [-0.1, -0.05) is 17.7 Å². The minimum Gasteiger partial charge on any atom is -0.493 e. The average Bonchev–Trinajstić information content (AvgIpc) is 2.75. The molecule has 7 nitrogen and oxygen atoms in total. The zero-order valence-corrected chi connectivity index (χ0v) is 18.0. The van der Waals surface area contributed by atoms with Crippen molar-refractivity contribution in [1.82, 2.24) is 0 Å². The summed E-state index contributed by atoms with van der Waals surface area (Å²) in [5.41, 5.74) is 0.662. The number of halogens is 1. The Morgan fingerprint density at radius 2 is 1.81 bits per heavy atom. The van der Waals surface area contributed by atoms with Gasteiger partial charge in [-0.2, -0.15) is 0 Å². The van der Waals surface area contributed by atoms with Crippen molar-refractivity contribution in [2.75, 3.05) is 21.3 Å². The van der Waals surface area contributed by atoms with Crippen molar-refractivity contribution in [1.29, 1.82) is 0 Å². The van der Waals surface area contributed by atoms with Crippen LogP contribution in [0.5, 0.6) is 17.2 Å². The summed E-state index contributed by atoms with van der Waals surface area (Å²) in [6.45, 7) is 0. The van der Waals surface area contributed by atoms with Gasteiger partial charge in [0.1, 0.15) is 11.9 Å². The average molecular weight is 445 g/mol. The van der Waals surface area contributed by atoms with Crippen LogP contribution in [0.2, 0.25) is 5.02 Å². The summed E-state index contributed by atoms with van der Waals surface area (Å²) in [7, 11) is 4.39. The van der Waals surface area contributed by atoms with E-state index in [-0.39, 0.29) is 23.4 Å². The van der Waals surface area contributed by atoms with Gasteiger partial charge in [0.2, 0.25) is 5.75 Å². The number of carbonyl (C=O) groups excluding carboxylic acids is 1. The minimum atomic E-state index is -0.243. The lowest BCUT2D eigenvalue weighted by Gasteiger charge is -2.33. The van der Waals surface area contributed by atoms with Crippen LogP contribution >= 0.6 is 11.6 Å². The van der Waals surface area contributed by atoms with Crippen LogP contribution in [0.15, 0.2) is 45.6 Å². The first-order chi connectivity index (χ1) is 14.9. The van der Waals surface area contributed by atoms with E-state index < -0.39 is 0 Å². The van der Waals surface area contributed by atoms with Crippen LogP contribution in [0, 0.1) is 5.92 Å². The number of esters is 1. The highest BCUT2D eigenvalue weighted by Gasteiger charge is 2.37. The first-order valence-electron chi connectivity index (χ1n) is 9.68. The fourth-order valence-corrected chi connectivity index (χ4v) is 3.86. The molecule has 0 radical (unpaired) electrons. The number of ether oxygens (including phenoxy) is 4. The molecule has 0 amide bonds. The Morgan fingerprint density at radius 3 is 2.48 bits per heavy atom. The maximum Gasteiger partial charge on any atom is 0.308 e. The molecule has 0 atom stereocenters. The molecular weight excluding hydrogens is 424 g/mol. The molecule has 1 heterocycles. The molecule has 0 N–H and O–H groups in total. The number of hydrogen-bond donors (Lipinski definition) is 0. The number of rotatable bonds is 6. The third-order valence-electron chi connectivity index (χ3n) is 5.36. The lowest BCUT2D eigenvalue weighted by atomic mass is 9.82. The lowest BCUT2D eigenvalue weighted by molar-refractivity contribution is -0.151. The summed E-state index contributed by atoms with van der Waals surface area (Å²) in [4.78, 5) is 24.2. The van der Waals surface area contributed by atoms with E-state index in [4.69, 9.17) is 35.0 Å². The molecule has 8 heteroatoms. The molecule has 162 valence electrons. The molecule has 1 saturated carbocycles. The van der Waals surface area contributed by atoms with E-state index in [1.807, 2.05) is 0 Å². The number of hydrogen-bond acceptors (Lipinski definition) is 7. The fourth-order valence-electron chi connectivity index (χ4n) is 3.64. The van der Waals surface area contributed by atoms with Gasteiger partial charge in [0.05, 0.1) is 37.7 Å². The molecule has 0 aliphatic heterocycles. The van der Waals surface area contributed by atoms with Crippen molar-refractivity contribution in [3.05, 3.63) is 51.6 Å². The van der Waals surface area contributed by atoms with Gasteiger partial charge in [-0.15, -0.1) is 0 Å². The van der Waals surface area contributed by atoms with Crippen molar-refractivity contribution in [3.8, 4) is 28.6 Å². The molecule has 4 rings (SSSR count). The molecular formula is C23H21ClO7. The molecule has 1 aromatic heterocycles. The summed E-state index contributed by atoms with van der Waals surface area (Å²) in [6.07, 6.45) is 0.919. The first-order valence-corrected chi connectivity index (χ1v) is 10.1. The third-order valence-corrected chi connectivity index (χ3v) is 5.66. The highest BCUT2D eigenvalue weighted by molar-refractivity contribution is 6.34. The maximum atomic E-state index is 12.6. The van der Waals surface area contributed by atoms with Gasteiger partial charge in [-0.05, 0) is 37.1 Å². The summed E-state index contributed by atoms with van der Waals surface area (Å²) in [5, 5.41) is 0.744. The SMILES string of the molecule is COc1cc(-c2cc(=O)c3cccc(Cl)c3o2)cc(O[C@H]2C[C@@H](C(=O)OC)C2)c1OC. The normalized spacial score (nSPS) is 17.7. The molecule has 0 bridgehead atoms. The fraction of sp³-hybridized carbons (Fsp3) is 0.304. The predicted molar refractivity (Wildman–Crippen MR) is 115 cm³/mol. The third kappa shape index (κ3) is 3.93. The zero-order valence-electron chi connectivity index (χ0n) is 17.3. The second-order valence-electron chi connectivity index (χ2n) is 7.23. The Morgan fingerprint density at radius 1 is 1.06 bits per heavy atom. The minimum absolute atomic E-state index is 0.170. The molecule has 2 aromatic carbocycles. The quantitative estimate of drug-likeness (QED) is 0.519. The van der Waals surface area contributed by atoms with E-state index in [0.717, 1.165) is 0 Å². The van der Waals surface area contributed by atoms with E-state index in [1.165, 1.54) is 27.4 Å². The maximum absolute atomic E-state index is 12.6. The largest absolute Gasteiger partial charge is 0.493 e. The van der Waals surface area contributed by atoms with Crippen LogP contribution in [0.1, 0.15) is 12.8 Å². The highest BCUT2D eigenvalue weighted by atomic mass is 35.5. The molecule has 0 unspecified atom stereocenters. The Hall–Kier alpha value is -3.19. The van der Waals surface area contributed by atoms with E-state index in [0.29, 0.717) is 57.4 Å². The molecule has 1 aliphatic rings. The number of carbonyl (C=O) groups is 1. The first kappa shape index (κ1) is 21.1. The van der Waals surface area contributed by atoms with Gasteiger partial charge in [0.25, 0.3) is 0 Å². The molecule has 3 aromatic rings. The van der Waals surface area contributed by atoms with Crippen molar-refractivity contribution in [2.45, 2.75) is 18.9 Å². The summed E-state index contributed by atoms with van der Waals surface area (Å²) >= 11 is 6.23. The van der Waals surface area contributed by atoms with E-state index in [2.05, 4.69) is 0 Å². The Bertz CT molecular complexity index is 1190. The monoisotopic (exact) mass is 444 g/mol. The van der Waals surface area contributed by atoms with Crippen LogP contribution in [0.4, 0.5) is 0 Å². The Balaban J connectivity index is 1.73. The molecule has 31 heavy (non-hydrogen) atoms. The topological polar surface area (TPSA) is 84.2 Å². The van der Waals surface area contributed by atoms with Crippen LogP contribution < -0.4 is 19.6 Å². The standard InChI is InChI=1S/C23H21ClO7/c1-27-19-9-12(18-11-17(25)15-5-4-6-16(24)21(15)31-18)10-20(22(19)28-2)30-14-7-13(8-14)23(26)29-3/h4-6,9-11,13-14H,7-8H2,1-3H3/t13-,14+. The summed E-state index contributed by atoms with van der Waals surface area (Å²) in [5.74, 6) is 1.15. The molecule has 1 fully saturated rings. The highest BCUT2D eigenvalue weighted by Crippen LogP contribution is 2.44. The van der Waals surface area contributed by atoms with E-state index in [1.54, 1.807) is 30.3 Å². The van der Waals surface area contributed by atoms with Gasteiger partial charge in [-0.3, -0.25) is 9.59 Å². The predicted octanol–water partition coefficient (Wildman–Crippen LogP) is 4.46. The van der Waals surface area contributed by atoms with E-state index in [9.17, 15) is 9.59 Å². The number of fused-ring (bicyclic) bond motifs is 1. The van der Waals surface area contributed by atoms with Crippen LogP contribution in [0.25, 0.3) is 22.3 Å². The molecule has 0 saturated heterocycles. The van der Waals surface area contributed by atoms with Gasteiger partial charge < -0.3 is 23.4 Å². The van der Waals surface area contributed by atoms with Crippen molar-refractivity contribution >= 4 is 28.5 Å². The van der Waals surface area contributed by atoms with Crippen molar-refractivity contribution < 1.29 is 28.2 Å². The Kier molecular flexibility index (Phi) is 5.78. The van der Waals surface area contributed by atoms with Crippen molar-refractivity contribution in [3.63, 3.8) is 0 Å². The summed E-state index contributed by atoms with van der Waals surface area (Å²) < 4.78 is 27.8. The van der Waals surface area contributed by atoms with Crippen LogP contribution in [0.3, 0.4) is 0 Å². The van der Waals surface area contributed by atoms with Crippen LogP contribution in [-0.4, -0.2) is 33.4 Å². The summed E-state index contributed by atoms with van der Waals surface area (Å²) in [6, 6.07) is 9.84. The van der Waals surface area contributed by atoms with Gasteiger partial charge in [0, 0.05) is 11.6 Å². The lowest BCUT2D eigenvalue weighted by Crippen LogP contribution is -2.38. The smallest absolute Gasteiger partial charge is 0.308 e.